The molecule has 114 valence electrons. The van der Waals surface area contributed by atoms with Crippen LogP contribution in [-0.4, -0.2) is 16.3 Å². The van der Waals surface area contributed by atoms with Gasteiger partial charge in [0.05, 0.1) is 5.69 Å². The fourth-order valence-corrected chi connectivity index (χ4v) is 2.87. The topological polar surface area (TPSA) is 29.9 Å². The Balaban J connectivity index is 2.27. The van der Waals surface area contributed by atoms with E-state index in [0.717, 1.165) is 31.5 Å². The second kappa shape index (κ2) is 7.41. The molecular weight excluding hydrogens is 258 g/mol. The highest BCUT2D eigenvalue weighted by Gasteiger charge is 2.16. The molecule has 0 aliphatic rings. The van der Waals surface area contributed by atoms with Gasteiger partial charge in [0.1, 0.15) is 0 Å². The summed E-state index contributed by atoms with van der Waals surface area (Å²) in [5.41, 5.74) is 5.23. The van der Waals surface area contributed by atoms with Gasteiger partial charge in [-0.1, -0.05) is 38.1 Å². The van der Waals surface area contributed by atoms with Crippen LogP contribution in [0.4, 0.5) is 0 Å². The van der Waals surface area contributed by atoms with Crippen molar-refractivity contribution in [3.63, 3.8) is 0 Å². The number of hydrogen-bond donors (Lipinski definition) is 1. The van der Waals surface area contributed by atoms with Gasteiger partial charge in [-0.05, 0) is 43.5 Å². The highest BCUT2D eigenvalue weighted by Crippen LogP contribution is 2.23. The van der Waals surface area contributed by atoms with E-state index < -0.39 is 0 Å². The summed E-state index contributed by atoms with van der Waals surface area (Å²) in [6, 6.07) is 11.3. The summed E-state index contributed by atoms with van der Waals surface area (Å²) in [6.07, 6.45) is 3.20. The maximum atomic E-state index is 4.47. The molecule has 1 aromatic heterocycles. The molecule has 3 nitrogen and oxygen atoms in total. The zero-order valence-electron chi connectivity index (χ0n) is 13.7. The molecule has 2 aromatic rings. The molecule has 3 heteroatoms. The summed E-state index contributed by atoms with van der Waals surface area (Å²) >= 11 is 0. The van der Waals surface area contributed by atoms with E-state index in [9.17, 15) is 0 Å². The molecule has 0 fully saturated rings. The molecule has 21 heavy (non-hydrogen) atoms. The Morgan fingerprint density at radius 2 is 2.00 bits per heavy atom. The van der Waals surface area contributed by atoms with Crippen molar-refractivity contribution in [1.82, 2.24) is 15.1 Å². The van der Waals surface area contributed by atoms with Gasteiger partial charge in [-0.15, -0.1) is 0 Å². The van der Waals surface area contributed by atoms with E-state index in [-0.39, 0.29) is 0 Å². The van der Waals surface area contributed by atoms with Crippen LogP contribution in [0.2, 0.25) is 0 Å². The lowest BCUT2D eigenvalue weighted by Crippen LogP contribution is -2.26. The van der Waals surface area contributed by atoms with Gasteiger partial charge in [-0.3, -0.25) is 4.68 Å². The molecule has 0 spiro atoms. The summed E-state index contributed by atoms with van der Waals surface area (Å²) in [5, 5.41) is 8.17. The first-order chi connectivity index (χ1) is 10.2. The van der Waals surface area contributed by atoms with Crippen LogP contribution in [0.1, 0.15) is 48.8 Å². The van der Waals surface area contributed by atoms with Crippen LogP contribution >= 0.6 is 0 Å². The lowest BCUT2D eigenvalue weighted by Gasteiger charge is -2.21. The van der Waals surface area contributed by atoms with Crippen molar-refractivity contribution in [1.29, 1.82) is 0 Å². The third-order valence-corrected chi connectivity index (χ3v) is 3.96. The lowest BCUT2D eigenvalue weighted by atomic mass is 9.95. The quantitative estimate of drug-likeness (QED) is 0.843. The van der Waals surface area contributed by atoms with Crippen LogP contribution in [0.3, 0.4) is 0 Å². The van der Waals surface area contributed by atoms with Crippen LogP contribution in [-0.2, 0) is 19.9 Å². The first kappa shape index (κ1) is 15.8. The molecular formula is C18H27N3. The standard InChI is InChI=1S/C18H27N3/c1-5-11-19-18(13-16-12-14(3)20-21(16)4)17-10-8-7-9-15(17)6-2/h7-10,12,18-19H,5-6,11,13H2,1-4H3. The molecule has 1 unspecified atom stereocenters. The van der Waals surface area contributed by atoms with Crippen LogP contribution < -0.4 is 5.32 Å². The summed E-state index contributed by atoms with van der Waals surface area (Å²) in [7, 11) is 2.03. The van der Waals surface area contributed by atoms with Gasteiger partial charge in [-0.25, -0.2) is 0 Å². The highest BCUT2D eigenvalue weighted by molar-refractivity contribution is 5.31. The summed E-state index contributed by atoms with van der Waals surface area (Å²) in [5.74, 6) is 0. The first-order valence-electron chi connectivity index (χ1n) is 7.96. The van der Waals surface area contributed by atoms with Gasteiger partial charge >= 0.3 is 0 Å². The number of nitrogens with one attached hydrogen (secondary N) is 1. The molecule has 0 saturated heterocycles. The van der Waals surface area contributed by atoms with Crippen LogP contribution in [0.5, 0.6) is 0 Å². The number of benzene rings is 1. The zero-order valence-corrected chi connectivity index (χ0v) is 13.7. The van der Waals surface area contributed by atoms with E-state index >= 15 is 0 Å². The highest BCUT2D eigenvalue weighted by atomic mass is 15.3. The van der Waals surface area contributed by atoms with Crippen LogP contribution in [0, 0.1) is 6.92 Å². The molecule has 1 heterocycles. The van der Waals surface area contributed by atoms with E-state index in [1.165, 1.54) is 16.8 Å². The Kier molecular flexibility index (Phi) is 5.57. The smallest absolute Gasteiger partial charge is 0.0596 e. The van der Waals surface area contributed by atoms with Crippen molar-refractivity contribution in [2.75, 3.05) is 6.54 Å². The number of aromatic nitrogens is 2. The zero-order chi connectivity index (χ0) is 15.2. The summed E-state index contributed by atoms with van der Waals surface area (Å²) in [4.78, 5) is 0. The van der Waals surface area contributed by atoms with E-state index in [1.54, 1.807) is 0 Å². The van der Waals surface area contributed by atoms with Crippen molar-refractivity contribution < 1.29 is 0 Å². The molecule has 0 aliphatic heterocycles. The van der Waals surface area contributed by atoms with Gasteiger partial charge in [0.15, 0.2) is 0 Å². The largest absolute Gasteiger partial charge is 0.310 e. The van der Waals surface area contributed by atoms with E-state index in [1.807, 2.05) is 11.7 Å². The minimum atomic E-state index is 0.357. The molecule has 1 atom stereocenters. The molecule has 2 rings (SSSR count). The number of aryl methyl sites for hydroxylation is 3. The SMILES string of the molecule is CCCNC(Cc1cc(C)nn1C)c1ccccc1CC. The Hall–Kier alpha value is -1.61. The maximum absolute atomic E-state index is 4.47. The lowest BCUT2D eigenvalue weighted by molar-refractivity contribution is 0.509. The Labute approximate surface area is 128 Å². The summed E-state index contributed by atoms with van der Waals surface area (Å²) in [6.45, 7) is 7.53. The van der Waals surface area contributed by atoms with Gasteiger partial charge in [0.25, 0.3) is 0 Å². The minimum Gasteiger partial charge on any atom is -0.310 e. The predicted molar refractivity (Wildman–Crippen MR) is 88.5 cm³/mol. The van der Waals surface area contributed by atoms with Crippen molar-refractivity contribution in [3.8, 4) is 0 Å². The molecule has 1 N–H and O–H groups in total. The van der Waals surface area contributed by atoms with Gasteiger partial charge in [-0.2, -0.15) is 5.10 Å². The van der Waals surface area contributed by atoms with Crippen LogP contribution in [0.15, 0.2) is 30.3 Å². The molecule has 0 bridgehead atoms. The Bertz CT molecular complexity index is 572. The fourth-order valence-electron chi connectivity index (χ4n) is 2.87. The van der Waals surface area contributed by atoms with Crippen molar-refractivity contribution in [2.45, 2.75) is 46.1 Å². The third-order valence-electron chi connectivity index (χ3n) is 3.96. The average Bonchev–Trinajstić information content (AvgIpc) is 2.81. The third kappa shape index (κ3) is 3.94. The van der Waals surface area contributed by atoms with Gasteiger partial charge < -0.3 is 5.32 Å². The van der Waals surface area contributed by atoms with Crippen molar-refractivity contribution >= 4 is 0 Å². The Morgan fingerprint density at radius 3 is 2.62 bits per heavy atom. The molecule has 1 aromatic carbocycles. The summed E-state index contributed by atoms with van der Waals surface area (Å²) < 4.78 is 2.00. The van der Waals surface area contributed by atoms with E-state index in [2.05, 4.69) is 61.5 Å². The molecule has 0 amide bonds. The number of nitrogens with zero attached hydrogens (tertiary/aromatic N) is 2. The normalized spacial score (nSPS) is 12.6. The van der Waals surface area contributed by atoms with Crippen LogP contribution in [0.25, 0.3) is 0 Å². The van der Waals surface area contributed by atoms with Crippen molar-refractivity contribution in [3.05, 3.63) is 52.8 Å². The second-order valence-corrected chi connectivity index (χ2v) is 5.66. The van der Waals surface area contributed by atoms with Gasteiger partial charge in [0.2, 0.25) is 0 Å². The van der Waals surface area contributed by atoms with E-state index in [0.29, 0.717) is 6.04 Å². The second-order valence-electron chi connectivity index (χ2n) is 5.66. The predicted octanol–water partition coefficient (Wildman–Crippen LogP) is 3.57. The van der Waals surface area contributed by atoms with Gasteiger partial charge in [0, 0.05) is 25.2 Å². The number of rotatable bonds is 7. The van der Waals surface area contributed by atoms with Crippen molar-refractivity contribution in [2.24, 2.45) is 7.05 Å². The minimum absolute atomic E-state index is 0.357. The number of hydrogen-bond acceptors (Lipinski definition) is 2. The average molecular weight is 285 g/mol. The first-order valence-corrected chi connectivity index (χ1v) is 7.96. The molecule has 0 radical (unpaired) electrons. The fraction of sp³-hybridized carbons (Fsp3) is 0.500. The molecule has 0 saturated carbocycles. The monoisotopic (exact) mass is 285 g/mol. The Morgan fingerprint density at radius 1 is 1.24 bits per heavy atom. The maximum Gasteiger partial charge on any atom is 0.0596 e. The molecule has 0 aliphatic carbocycles. The van der Waals surface area contributed by atoms with E-state index in [4.69, 9.17) is 0 Å².